The minimum absolute atomic E-state index is 0.198. The molecule has 25 heavy (non-hydrogen) atoms. The second-order valence-electron chi connectivity index (χ2n) is 5.38. The van der Waals surface area contributed by atoms with Crippen molar-refractivity contribution >= 4 is 29.1 Å². The largest absolute Gasteiger partial charge is 0.368 e. The zero-order valence-corrected chi connectivity index (χ0v) is 14.2. The molecule has 2 N–H and O–H groups in total. The van der Waals surface area contributed by atoms with E-state index in [2.05, 4.69) is 26.0 Å². The number of hydrogen-bond donors (Lipinski definition) is 2. The molecule has 3 aromatic rings. The average molecular weight is 358 g/mol. The number of aromatic nitrogens is 3. The number of amides is 1. The number of halogens is 1. The second kappa shape index (κ2) is 7.76. The van der Waals surface area contributed by atoms with Gasteiger partial charge in [0.1, 0.15) is 11.6 Å². The number of benzene rings is 1. The van der Waals surface area contributed by atoms with Crippen LogP contribution in [0.4, 0.5) is 11.6 Å². The smallest absolute Gasteiger partial charge is 0.277 e. The van der Waals surface area contributed by atoms with Crippen LogP contribution in [0.5, 0.6) is 0 Å². The molecule has 3 rings (SSSR count). The van der Waals surface area contributed by atoms with Crippen LogP contribution in [0.2, 0.25) is 5.02 Å². The molecule has 0 unspecified atom stereocenters. The van der Waals surface area contributed by atoms with Gasteiger partial charge in [0.25, 0.3) is 5.91 Å². The van der Waals surface area contributed by atoms with Crippen LogP contribution in [0.15, 0.2) is 47.0 Å². The lowest BCUT2D eigenvalue weighted by atomic mass is 10.1. The van der Waals surface area contributed by atoms with Crippen molar-refractivity contribution in [3.05, 3.63) is 64.5 Å². The first kappa shape index (κ1) is 16.9. The van der Waals surface area contributed by atoms with Gasteiger partial charge in [-0.1, -0.05) is 28.9 Å². The van der Waals surface area contributed by atoms with Gasteiger partial charge in [0, 0.05) is 17.6 Å². The molecule has 0 aliphatic rings. The third-order valence-corrected chi connectivity index (χ3v) is 3.65. The molecule has 0 saturated carbocycles. The molecule has 1 amide bonds. The lowest BCUT2D eigenvalue weighted by Crippen LogP contribution is -2.15. The number of anilines is 2. The lowest BCUT2D eigenvalue weighted by molar-refractivity contribution is 0.102. The second-order valence-corrected chi connectivity index (χ2v) is 5.82. The zero-order chi connectivity index (χ0) is 17.6. The highest BCUT2D eigenvalue weighted by atomic mass is 35.5. The Morgan fingerprint density at radius 1 is 1.12 bits per heavy atom. The monoisotopic (exact) mass is 357 g/mol. The highest BCUT2D eigenvalue weighted by molar-refractivity contribution is 6.30. The number of nitrogens with zero attached hydrogens (tertiary/aromatic N) is 3. The van der Waals surface area contributed by atoms with Gasteiger partial charge >= 0.3 is 0 Å². The van der Waals surface area contributed by atoms with Crippen molar-refractivity contribution in [1.82, 2.24) is 15.4 Å². The summed E-state index contributed by atoms with van der Waals surface area (Å²) in [5, 5.41) is 18.1. The predicted octanol–water partition coefficient (Wildman–Crippen LogP) is 3.33. The van der Waals surface area contributed by atoms with E-state index >= 15 is 0 Å². The fourth-order valence-corrected chi connectivity index (χ4v) is 2.27. The van der Waals surface area contributed by atoms with Gasteiger partial charge in [-0.15, -0.1) is 10.2 Å². The molecule has 0 fully saturated rings. The summed E-state index contributed by atoms with van der Waals surface area (Å²) in [6, 6.07) is 12.6. The van der Waals surface area contributed by atoms with Crippen LogP contribution in [0.1, 0.15) is 21.8 Å². The fraction of sp³-hybridized carbons (Fsp3) is 0.176. The maximum absolute atomic E-state index is 12.0. The average Bonchev–Trinajstić information content (AvgIpc) is 3.02. The van der Waals surface area contributed by atoms with Crippen LogP contribution in [0.25, 0.3) is 0 Å². The van der Waals surface area contributed by atoms with Crippen molar-refractivity contribution in [1.29, 1.82) is 0 Å². The SMILES string of the molecule is Cc1cc(NC(=O)c2ccc(NCCc3ccc(Cl)cc3)nn2)no1. The van der Waals surface area contributed by atoms with Gasteiger partial charge in [0.15, 0.2) is 11.5 Å². The summed E-state index contributed by atoms with van der Waals surface area (Å²) in [6.45, 7) is 2.44. The van der Waals surface area contributed by atoms with Crippen molar-refractivity contribution in [2.24, 2.45) is 0 Å². The summed E-state index contributed by atoms with van der Waals surface area (Å²) in [5.74, 6) is 1.16. The molecule has 128 valence electrons. The van der Waals surface area contributed by atoms with E-state index in [1.807, 2.05) is 24.3 Å². The van der Waals surface area contributed by atoms with Crippen LogP contribution >= 0.6 is 11.6 Å². The van der Waals surface area contributed by atoms with Crippen molar-refractivity contribution in [2.45, 2.75) is 13.3 Å². The quantitative estimate of drug-likeness (QED) is 0.702. The van der Waals surface area contributed by atoms with Gasteiger partial charge < -0.3 is 15.2 Å². The zero-order valence-electron chi connectivity index (χ0n) is 13.5. The van der Waals surface area contributed by atoms with Crippen LogP contribution in [-0.2, 0) is 6.42 Å². The van der Waals surface area contributed by atoms with Crippen molar-refractivity contribution in [2.75, 3.05) is 17.2 Å². The predicted molar refractivity (Wildman–Crippen MR) is 94.9 cm³/mol. The first-order valence-electron chi connectivity index (χ1n) is 7.67. The Kier molecular flexibility index (Phi) is 5.25. The molecule has 0 aliphatic carbocycles. The van der Waals surface area contributed by atoms with Gasteiger partial charge in [0.2, 0.25) is 0 Å². The van der Waals surface area contributed by atoms with E-state index in [1.54, 1.807) is 25.1 Å². The Hall–Kier alpha value is -2.93. The molecule has 0 atom stereocenters. The van der Waals surface area contributed by atoms with Gasteiger partial charge in [-0.2, -0.15) is 0 Å². The molecule has 1 aromatic carbocycles. The van der Waals surface area contributed by atoms with Gasteiger partial charge in [-0.05, 0) is 43.2 Å². The maximum atomic E-state index is 12.0. The van der Waals surface area contributed by atoms with Crippen LogP contribution < -0.4 is 10.6 Å². The van der Waals surface area contributed by atoms with Gasteiger partial charge in [-0.3, -0.25) is 4.79 Å². The number of aryl methyl sites for hydroxylation is 1. The highest BCUT2D eigenvalue weighted by Crippen LogP contribution is 2.11. The Bertz CT molecular complexity index is 846. The van der Waals surface area contributed by atoms with E-state index in [0.717, 1.165) is 11.4 Å². The number of hydrogen-bond acceptors (Lipinski definition) is 6. The molecule has 0 radical (unpaired) electrons. The standard InChI is InChI=1S/C17H16ClN5O2/c1-11-10-16(23-25-11)20-17(24)14-6-7-15(22-21-14)19-9-8-12-2-4-13(18)5-3-12/h2-7,10H,8-9H2,1H3,(H,19,22)(H,20,23,24). The number of carbonyl (C=O) groups excluding carboxylic acids is 1. The molecule has 0 bridgehead atoms. The van der Waals surface area contributed by atoms with Gasteiger partial charge in [-0.25, -0.2) is 0 Å². The van der Waals surface area contributed by atoms with Crippen molar-refractivity contribution in [3.63, 3.8) is 0 Å². The van der Waals surface area contributed by atoms with Crippen LogP contribution in [-0.4, -0.2) is 27.8 Å². The van der Waals surface area contributed by atoms with E-state index in [9.17, 15) is 4.79 Å². The van der Waals surface area contributed by atoms with E-state index < -0.39 is 5.91 Å². The summed E-state index contributed by atoms with van der Waals surface area (Å²) in [6.07, 6.45) is 0.826. The summed E-state index contributed by atoms with van der Waals surface area (Å²) in [4.78, 5) is 12.0. The van der Waals surface area contributed by atoms with Crippen LogP contribution in [0, 0.1) is 6.92 Å². The van der Waals surface area contributed by atoms with Gasteiger partial charge in [0.05, 0.1) is 0 Å². The van der Waals surface area contributed by atoms with E-state index in [4.69, 9.17) is 16.1 Å². The third-order valence-electron chi connectivity index (χ3n) is 3.40. The van der Waals surface area contributed by atoms with E-state index in [1.165, 1.54) is 5.56 Å². The summed E-state index contributed by atoms with van der Waals surface area (Å²) < 4.78 is 4.89. The summed E-state index contributed by atoms with van der Waals surface area (Å²) >= 11 is 5.86. The maximum Gasteiger partial charge on any atom is 0.277 e. The molecule has 0 saturated heterocycles. The summed E-state index contributed by atoms with van der Waals surface area (Å²) in [7, 11) is 0. The Morgan fingerprint density at radius 3 is 2.56 bits per heavy atom. The van der Waals surface area contributed by atoms with E-state index in [-0.39, 0.29) is 5.69 Å². The number of rotatable bonds is 6. The van der Waals surface area contributed by atoms with Crippen molar-refractivity contribution in [3.8, 4) is 0 Å². The Labute approximate surface area is 149 Å². The highest BCUT2D eigenvalue weighted by Gasteiger charge is 2.11. The van der Waals surface area contributed by atoms with Crippen LogP contribution in [0.3, 0.4) is 0 Å². The van der Waals surface area contributed by atoms with Crippen molar-refractivity contribution < 1.29 is 9.32 Å². The first-order valence-corrected chi connectivity index (χ1v) is 8.05. The normalized spacial score (nSPS) is 10.5. The Balaban J connectivity index is 1.51. The fourth-order valence-electron chi connectivity index (χ4n) is 2.14. The molecular formula is C17H16ClN5O2. The summed E-state index contributed by atoms with van der Waals surface area (Å²) in [5.41, 5.74) is 1.37. The third kappa shape index (κ3) is 4.77. The minimum Gasteiger partial charge on any atom is -0.368 e. The topological polar surface area (TPSA) is 92.9 Å². The molecule has 8 heteroatoms. The Morgan fingerprint density at radius 2 is 1.92 bits per heavy atom. The number of carbonyl (C=O) groups is 1. The lowest BCUT2D eigenvalue weighted by Gasteiger charge is -2.06. The first-order chi connectivity index (χ1) is 12.1. The molecule has 2 aromatic heterocycles. The minimum atomic E-state index is -0.395. The molecule has 7 nitrogen and oxygen atoms in total. The molecule has 2 heterocycles. The molecular weight excluding hydrogens is 342 g/mol. The molecule has 0 spiro atoms. The molecule has 0 aliphatic heterocycles. The number of nitrogens with one attached hydrogen (secondary N) is 2. The van der Waals surface area contributed by atoms with E-state index in [0.29, 0.717) is 23.9 Å².